The standard InChI is InChI=1S/C12H16Cl2N2/c1-12(2)6-8(12)11(16-15)7-4-3-5-9(13)10(7)14/h3-5,8,11,16H,6,15H2,1-2H3. The highest BCUT2D eigenvalue weighted by Gasteiger charge is 2.50. The molecule has 0 amide bonds. The van der Waals surface area contributed by atoms with Crippen LogP contribution in [0.2, 0.25) is 10.0 Å². The maximum absolute atomic E-state index is 6.20. The SMILES string of the molecule is CC1(C)CC1C(NN)c1cccc(Cl)c1Cl. The molecule has 1 saturated carbocycles. The van der Waals surface area contributed by atoms with Crippen molar-refractivity contribution in [1.29, 1.82) is 0 Å². The van der Waals surface area contributed by atoms with E-state index in [4.69, 9.17) is 29.0 Å². The Bertz CT molecular complexity index is 404. The highest BCUT2D eigenvalue weighted by Crippen LogP contribution is 2.58. The molecule has 3 N–H and O–H groups in total. The molecule has 2 unspecified atom stereocenters. The molecule has 1 aliphatic rings. The van der Waals surface area contributed by atoms with E-state index in [0.29, 0.717) is 21.4 Å². The molecule has 2 nitrogen and oxygen atoms in total. The molecule has 4 heteroatoms. The zero-order valence-corrected chi connectivity index (χ0v) is 10.9. The lowest BCUT2D eigenvalue weighted by molar-refractivity contribution is 0.423. The van der Waals surface area contributed by atoms with Gasteiger partial charge in [0.15, 0.2) is 0 Å². The van der Waals surface area contributed by atoms with Gasteiger partial charge in [-0.2, -0.15) is 0 Å². The van der Waals surface area contributed by atoms with Crippen molar-refractivity contribution in [2.24, 2.45) is 17.2 Å². The highest BCUT2D eigenvalue weighted by molar-refractivity contribution is 6.42. The Hall–Kier alpha value is -0.280. The summed E-state index contributed by atoms with van der Waals surface area (Å²) in [5, 5.41) is 1.19. The molecule has 2 atom stereocenters. The van der Waals surface area contributed by atoms with Crippen LogP contribution in [-0.2, 0) is 0 Å². The van der Waals surface area contributed by atoms with E-state index in [0.717, 1.165) is 12.0 Å². The molecule has 0 saturated heterocycles. The van der Waals surface area contributed by atoms with Crippen LogP contribution in [0.25, 0.3) is 0 Å². The number of hydrazine groups is 1. The van der Waals surface area contributed by atoms with Crippen LogP contribution in [0.5, 0.6) is 0 Å². The van der Waals surface area contributed by atoms with Gasteiger partial charge < -0.3 is 0 Å². The highest BCUT2D eigenvalue weighted by atomic mass is 35.5. The second-order valence-electron chi connectivity index (χ2n) is 5.09. The lowest BCUT2D eigenvalue weighted by Gasteiger charge is -2.19. The van der Waals surface area contributed by atoms with Crippen LogP contribution < -0.4 is 11.3 Å². The summed E-state index contributed by atoms with van der Waals surface area (Å²) in [5.74, 6) is 6.16. The van der Waals surface area contributed by atoms with Crippen LogP contribution in [0.3, 0.4) is 0 Å². The van der Waals surface area contributed by atoms with E-state index in [1.165, 1.54) is 0 Å². The zero-order chi connectivity index (χ0) is 11.9. The number of halogens is 2. The molecule has 0 bridgehead atoms. The lowest BCUT2D eigenvalue weighted by atomic mass is 9.97. The minimum atomic E-state index is 0.0844. The van der Waals surface area contributed by atoms with Crippen LogP contribution in [0.4, 0.5) is 0 Å². The monoisotopic (exact) mass is 258 g/mol. The van der Waals surface area contributed by atoms with Crippen molar-refractivity contribution in [2.45, 2.75) is 26.3 Å². The van der Waals surface area contributed by atoms with E-state index >= 15 is 0 Å². The first kappa shape index (κ1) is 12.2. The maximum Gasteiger partial charge on any atom is 0.0640 e. The Morgan fingerprint density at radius 2 is 2.06 bits per heavy atom. The molecule has 2 rings (SSSR count). The van der Waals surface area contributed by atoms with Gasteiger partial charge in [-0.3, -0.25) is 11.3 Å². The predicted octanol–water partition coefficient (Wildman–Crippen LogP) is 3.54. The number of benzene rings is 1. The molecular weight excluding hydrogens is 243 g/mol. The van der Waals surface area contributed by atoms with E-state index in [-0.39, 0.29) is 6.04 Å². The molecule has 0 heterocycles. The van der Waals surface area contributed by atoms with Gasteiger partial charge in [-0.1, -0.05) is 49.2 Å². The molecule has 88 valence electrons. The first-order valence-electron chi connectivity index (χ1n) is 5.37. The van der Waals surface area contributed by atoms with Gasteiger partial charge in [-0.25, -0.2) is 0 Å². The van der Waals surface area contributed by atoms with Crippen molar-refractivity contribution in [3.63, 3.8) is 0 Å². The van der Waals surface area contributed by atoms with E-state index < -0.39 is 0 Å². The van der Waals surface area contributed by atoms with Crippen LogP contribution in [-0.4, -0.2) is 0 Å². The van der Waals surface area contributed by atoms with Gasteiger partial charge in [0.05, 0.1) is 16.1 Å². The number of nitrogens with two attached hydrogens (primary N) is 1. The van der Waals surface area contributed by atoms with Gasteiger partial charge in [-0.15, -0.1) is 0 Å². The van der Waals surface area contributed by atoms with Crippen LogP contribution >= 0.6 is 23.2 Å². The fourth-order valence-corrected chi connectivity index (χ4v) is 2.69. The molecule has 16 heavy (non-hydrogen) atoms. The van der Waals surface area contributed by atoms with Crippen molar-refractivity contribution in [3.8, 4) is 0 Å². The van der Waals surface area contributed by atoms with Gasteiger partial charge in [0.2, 0.25) is 0 Å². The molecule has 0 aromatic heterocycles. The summed E-state index contributed by atoms with van der Waals surface area (Å²) < 4.78 is 0. The van der Waals surface area contributed by atoms with E-state index in [2.05, 4.69) is 19.3 Å². The Kier molecular flexibility index (Phi) is 3.19. The smallest absolute Gasteiger partial charge is 0.0640 e. The van der Waals surface area contributed by atoms with Crippen LogP contribution in [0.15, 0.2) is 18.2 Å². The van der Waals surface area contributed by atoms with Gasteiger partial charge in [-0.05, 0) is 29.4 Å². The van der Waals surface area contributed by atoms with Crippen LogP contribution in [0, 0.1) is 11.3 Å². The Balaban J connectivity index is 2.31. The maximum atomic E-state index is 6.20. The Labute approximate surface area is 106 Å². The number of rotatable bonds is 3. The summed E-state index contributed by atoms with van der Waals surface area (Å²) in [6.07, 6.45) is 1.16. The molecular formula is C12H16Cl2N2. The third kappa shape index (κ3) is 2.07. The van der Waals surface area contributed by atoms with E-state index in [1.54, 1.807) is 6.07 Å². The molecule has 0 radical (unpaired) electrons. The first-order valence-corrected chi connectivity index (χ1v) is 6.13. The van der Waals surface area contributed by atoms with Crippen molar-refractivity contribution in [1.82, 2.24) is 5.43 Å². The minimum absolute atomic E-state index is 0.0844. The quantitative estimate of drug-likeness (QED) is 0.643. The third-order valence-electron chi connectivity index (χ3n) is 3.49. The normalized spacial score (nSPS) is 24.2. The molecule has 0 aliphatic heterocycles. The summed E-state index contributed by atoms with van der Waals surface area (Å²) in [6, 6.07) is 5.76. The summed E-state index contributed by atoms with van der Waals surface area (Å²) >= 11 is 12.2. The largest absolute Gasteiger partial charge is 0.271 e. The topological polar surface area (TPSA) is 38.0 Å². The molecule has 1 aromatic carbocycles. The fourth-order valence-electron chi connectivity index (χ4n) is 2.26. The average molecular weight is 259 g/mol. The number of hydrogen-bond donors (Lipinski definition) is 2. The van der Waals surface area contributed by atoms with Crippen molar-refractivity contribution in [3.05, 3.63) is 33.8 Å². The van der Waals surface area contributed by atoms with E-state index in [9.17, 15) is 0 Å². The Morgan fingerprint density at radius 1 is 1.44 bits per heavy atom. The summed E-state index contributed by atoms with van der Waals surface area (Å²) in [6.45, 7) is 4.47. The average Bonchev–Trinajstić information content (AvgIpc) is 2.83. The second kappa shape index (κ2) is 4.19. The number of hydrogen-bond acceptors (Lipinski definition) is 2. The molecule has 1 aromatic rings. The van der Waals surface area contributed by atoms with Crippen LogP contribution in [0.1, 0.15) is 31.9 Å². The number of nitrogens with one attached hydrogen (secondary N) is 1. The Morgan fingerprint density at radius 3 is 2.56 bits per heavy atom. The first-order chi connectivity index (χ1) is 7.47. The third-order valence-corrected chi connectivity index (χ3v) is 4.32. The molecule has 0 spiro atoms. The summed E-state index contributed by atoms with van der Waals surface area (Å²) in [4.78, 5) is 0. The van der Waals surface area contributed by atoms with E-state index in [1.807, 2.05) is 12.1 Å². The fraction of sp³-hybridized carbons (Fsp3) is 0.500. The van der Waals surface area contributed by atoms with Crippen molar-refractivity contribution >= 4 is 23.2 Å². The van der Waals surface area contributed by atoms with Crippen molar-refractivity contribution < 1.29 is 0 Å². The van der Waals surface area contributed by atoms with Crippen molar-refractivity contribution in [2.75, 3.05) is 0 Å². The van der Waals surface area contributed by atoms with Gasteiger partial charge >= 0.3 is 0 Å². The summed E-state index contributed by atoms with van der Waals surface area (Å²) in [7, 11) is 0. The van der Waals surface area contributed by atoms with Gasteiger partial charge in [0.1, 0.15) is 0 Å². The predicted molar refractivity (Wildman–Crippen MR) is 68.4 cm³/mol. The second-order valence-corrected chi connectivity index (χ2v) is 5.87. The lowest BCUT2D eigenvalue weighted by Crippen LogP contribution is -2.30. The minimum Gasteiger partial charge on any atom is -0.271 e. The van der Waals surface area contributed by atoms with Gasteiger partial charge in [0, 0.05) is 0 Å². The molecule has 1 fully saturated rings. The zero-order valence-electron chi connectivity index (χ0n) is 9.43. The summed E-state index contributed by atoms with van der Waals surface area (Å²) in [5.41, 5.74) is 4.19. The molecule has 1 aliphatic carbocycles. The van der Waals surface area contributed by atoms with Gasteiger partial charge in [0.25, 0.3) is 0 Å².